The second kappa shape index (κ2) is 11.6. The van der Waals surface area contributed by atoms with E-state index in [-0.39, 0.29) is 18.3 Å². The molecular weight excluding hydrogens is 361 g/mol. The number of ether oxygens (including phenoxy) is 1. The molecule has 0 radical (unpaired) electrons. The molecule has 156 valence electrons. The van der Waals surface area contributed by atoms with Gasteiger partial charge in [-0.1, -0.05) is 12.1 Å². The molecule has 0 bridgehead atoms. The lowest BCUT2D eigenvalue weighted by Crippen LogP contribution is -2.42. The van der Waals surface area contributed by atoms with Crippen molar-refractivity contribution in [2.24, 2.45) is 4.99 Å². The van der Waals surface area contributed by atoms with Crippen LogP contribution in [0.2, 0.25) is 0 Å². The lowest BCUT2D eigenvalue weighted by atomic mass is 10.2. The zero-order chi connectivity index (χ0) is 20.4. The third-order valence-corrected chi connectivity index (χ3v) is 4.60. The van der Waals surface area contributed by atoms with Crippen molar-refractivity contribution in [3.63, 3.8) is 0 Å². The van der Waals surface area contributed by atoms with Gasteiger partial charge in [-0.3, -0.25) is 9.69 Å². The summed E-state index contributed by atoms with van der Waals surface area (Å²) >= 11 is 0. The highest BCUT2D eigenvalue weighted by molar-refractivity contribution is 5.84. The maximum atomic E-state index is 13.1. The number of hydrogen-bond acceptors (Lipinski definition) is 4. The van der Waals surface area contributed by atoms with Crippen LogP contribution in [0.3, 0.4) is 0 Å². The molecule has 1 N–H and O–H groups in total. The molecule has 1 amide bonds. The number of guanidine groups is 1. The van der Waals surface area contributed by atoms with Crippen molar-refractivity contribution >= 4 is 11.9 Å². The molecule has 0 atom stereocenters. The maximum Gasteiger partial charge on any atom is 0.243 e. The van der Waals surface area contributed by atoms with E-state index in [0.29, 0.717) is 12.5 Å². The summed E-state index contributed by atoms with van der Waals surface area (Å²) in [4.78, 5) is 22.3. The molecule has 0 aliphatic carbocycles. The predicted octanol–water partition coefficient (Wildman–Crippen LogP) is 1.01. The molecule has 1 fully saturated rings. The zero-order valence-corrected chi connectivity index (χ0v) is 17.2. The van der Waals surface area contributed by atoms with E-state index in [4.69, 9.17) is 4.74 Å². The molecule has 1 heterocycles. The van der Waals surface area contributed by atoms with Crippen molar-refractivity contribution in [2.75, 3.05) is 67.1 Å². The summed E-state index contributed by atoms with van der Waals surface area (Å²) < 4.78 is 18.5. The molecule has 1 aliphatic heterocycles. The van der Waals surface area contributed by atoms with Crippen molar-refractivity contribution in [3.8, 4) is 0 Å². The third-order valence-electron chi connectivity index (χ3n) is 4.60. The summed E-state index contributed by atoms with van der Waals surface area (Å²) in [7, 11) is 5.35. The fourth-order valence-corrected chi connectivity index (χ4v) is 2.86. The van der Waals surface area contributed by atoms with Gasteiger partial charge in [0.15, 0.2) is 5.96 Å². The minimum Gasteiger partial charge on any atom is -0.379 e. The van der Waals surface area contributed by atoms with Gasteiger partial charge in [0.1, 0.15) is 12.4 Å². The number of benzene rings is 1. The first-order chi connectivity index (χ1) is 13.5. The van der Waals surface area contributed by atoms with Crippen LogP contribution in [-0.4, -0.2) is 93.6 Å². The maximum absolute atomic E-state index is 13.1. The van der Waals surface area contributed by atoms with Gasteiger partial charge >= 0.3 is 0 Å². The van der Waals surface area contributed by atoms with E-state index in [1.54, 1.807) is 26.2 Å². The molecule has 7 nitrogen and oxygen atoms in total. The minimum atomic E-state index is -0.252. The van der Waals surface area contributed by atoms with Gasteiger partial charge in [0.05, 0.1) is 13.2 Å². The normalized spacial score (nSPS) is 15.4. The van der Waals surface area contributed by atoms with Crippen LogP contribution in [0.4, 0.5) is 4.39 Å². The molecule has 8 heteroatoms. The van der Waals surface area contributed by atoms with Crippen LogP contribution in [-0.2, 0) is 16.1 Å². The summed E-state index contributed by atoms with van der Waals surface area (Å²) in [5, 5.41) is 3.36. The number of nitrogens with one attached hydrogen (secondary N) is 1. The van der Waals surface area contributed by atoms with Crippen LogP contribution >= 0.6 is 0 Å². The number of likely N-dealkylation sites (N-methyl/N-ethyl adjacent to an activating group) is 1. The number of nitrogens with zero attached hydrogens (tertiary/aromatic N) is 4. The molecule has 1 aromatic rings. The smallest absolute Gasteiger partial charge is 0.243 e. The fourth-order valence-electron chi connectivity index (χ4n) is 2.86. The molecule has 28 heavy (non-hydrogen) atoms. The third kappa shape index (κ3) is 7.82. The van der Waals surface area contributed by atoms with Crippen LogP contribution in [0.25, 0.3) is 0 Å². The molecule has 0 saturated carbocycles. The van der Waals surface area contributed by atoms with Gasteiger partial charge in [0.25, 0.3) is 0 Å². The summed E-state index contributed by atoms with van der Waals surface area (Å²) in [5.41, 5.74) is 0.977. The SMILES string of the molecule is CN(C)C(=O)CN=C(NCCCN1CCOCC1)N(C)Cc1ccc(F)cc1. The average Bonchev–Trinajstić information content (AvgIpc) is 2.69. The van der Waals surface area contributed by atoms with Gasteiger partial charge in [0, 0.05) is 47.3 Å². The van der Waals surface area contributed by atoms with E-state index < -0.39 is 0 Å². The van der Waals surface area contributed by atoms with Gasteiger partial charge in [-0.15, -0.1) is 0 Å². The zero-order valence-electron chi connectivity index (χ0n) is 17.2. The first-order valence-electron chi connectivity index (χ1n) is 9.70. The van der Waals surface area contributed by atoms with Gasteiger partial charge in [-0.05, 0) is 30.7 Å². The van der Waals surface area contributed by atoms with Gasteiger partial charge in [0.2, 0.25) is 5.91 Å². The Balaban J connectivity index is 1.90. The predicted molar refractivity (Wildman–Crippen MR) is 109 cm³/mol. The average molecular weight is 394 g/mol. The molecule has 1 saturated heterocycles. The van der Waals surface area contributed by atoms with Crippen molar-refractivity contribution < 1.29 is 13.9 Å². The Bertz CT molecular complexity index is 630. The Labute approximate surface area is 167 Å². The topological polar surface area (TPSA) is 60.4 Å². The largest absolute Gasteiger partial charge is 0.379 e. The number of rotatable bonds is 8. The molecule has 0 spiro atoms. The first-order valence-corrected chi connectivity index (χ1v) is 9.70. The highest BCUT2D eigenvalue weighted by Gasteiger charge is 2.12. The Kier molecular flexibility index (Phi) is 9.16. The van der Waals surface area contributed by atoms with Crippen molar-refractivity contribution in [1.29, 1.82) is 0 Å². The highest BCUT2D eigenvalue weighted by Crippen LogP contribution is 2.06. The summed E-state index contributed by atoms with van der Waals surface area (Å²) in [6.45, 7) is 5.98. The molecule has 1 aliphatic rings. The van der Waals surface area contributed by atoms with Crippen LogP contribution in [0.1, 0.15) is 12.0 Å². The number of carbonyl (C=O) groups is 1. The lowest BCUT2D eigenvalue weighted by molar-refractivity contribution is -0.127. The molecule has 1 aromatic carbocycles. The Morgan fingerprint density at radius 1 is 1.21 bits per heavy atom. The fraction of sp³-hybridized carbons (Fsp3) is 0.600. The standard InChI is InChI=1S/C20H32FN5O2/c1-24(2)19(27)15-23-20(22-9-4-10-26-11-13-28-14-12-26)25(3)16-17-5-7-18(21)8-6-17/h5-8H,4,9-16H2,1-3H3,(H,22,23). The van der Waals surface area contributed by atoms with E-state index in [2.05, 4.69) is 15.2 Å². The van der Waals surface area contributed by atoms with E-state index in [1.807, 2.05) is 11.9 Å². The number of aliphatic imine (C=N–C) groups is 1. The number of hydrogen-bond donors (Lipinski definition) is 1. The van der Waals surface area contributed by atoms with Crippen LogP contribution < -0.4 is 5.32 Å². The number of halogens is 1. The van der Waals surface area contributed by atoms with Gasteiger partial charge in [-0.25, -0.2) is 9.38 Å². The first kappa shape index (κ1) is 22.1. The Morgan fingerprint density at radius 2 is 1.89 bits per heavy atom. The van der Waals surface area contributed by atoms with Crippen molar-refractivity contribution in [1.82, 2.24) is 20.0 Å². The highest BCUT2D eigenvalue weighted by atomic mass is 19.1. The van der Waals surface area contributed by atoms with Gasteiger partial charge in [-0.2, -0.15) is 0 Å². The van der Waals surface area contributed by atoms with Crippen molar-refractivity contribution in [2.45, 2.75) is 13.0 Å². The van der Waals surface area contributed by atoms with Gasteiger partial charge < -0.3 is 19.9 Å². The van der Waals surface area contributed by atoms with Crippen LogP contribution in [0.15, 0.2) is 29.3 Å². The van der Waals surface area contributed by atoms with Crippen molar-refractivity contribution in [3.05, 3.63) is 35.6 Å². The quantitative estimate of drug-likeness (QED) is 0.406. The summed E-state index contributed by atoms with van der Waals surface area (Å²) in [6, 6.07) is 6.41. The molecule has 2 rings (SSSR count). The van der Waals surface area contributed by atoms with E-state index in [9.17, 15) is 9.18 Å². The Hall–Kier alpha value is -2.19. The monoisotopic (exact) mass is 393 g/mol. The number of carbonyl (C=O) groups excluding carboxylic acids is 1. The van der Waals surface area contributed by atoms with E-state index in [1.165, 1.54) is 17.0 Å². The van der Waals surface area contributed by atoms with E-state index >= 15 is 0 Å². The van der Waals surface area contributed by atoms with Crippen LogP contribution in [0.5, 0.6) is 0 Å². The summed E-state index contributed by atoms with van der Waals surface area (Å²) in [5.74, 6) is 0.363. The summed E-state index contributed by atoms with van der Waals surface area (Å²) in [6.07, 6.45) is 0.977. The minimum absolute atomic E-state index is 0.0530. The Morgan fingerprint density at radius 3 is 2.54 bits per heavy atom. The molecular formula is C20H32FN5O2. The van der Waals surface area contributed by atoms with E-state index in [0.717, 1.165) is 51.4 Å². The number of morpholine rings is 1. The number of amides is 1. The molecule has 0 unspecified atom stereocenters. The second-order valence-electron chi connectivity index (χ2n) is 7.14. The molecule has 0 aromatic heterocycles. The van der Waals surface area contributed by atoms with Crippen LogP contribution in [0, 0.1) is 5.82 Å². The second-order valence-corrected chi connectivity index (χ2v) is 7.14. The lowest BCUT2D eigenvalue weighted by Gasteiger charge is -2.27.